The van der Waals surface area contributed by atoms with Crippen molar-refractivity contribution in [1.29, 1.82) is 5.26 Å². The van der Waals surface area contributed by atoms with Crippen LogP contribution in [0.4, 0.5) is 5.00 Å². The zero-order chi connectivity index (χ0) is 16.3. The summed E-state index contributed by atoms with van der Waals surface area (Å²) in [6, 6.07) is 2.03. The highest BCUT2D eigenvalue weighted by molar-refractivity contribution is 7.98. The monoisotopic (exact) mass is 338 g/mol. The minimum atomic E-state index is -0.485. The van der Waals surface area contributed by atoms with Gasteiger partial charge in [-0.2, -0.15) is 5.26 Å². The van der Waals surface area contributed by atoms with E-state index < -0.39 is 5.97 Å². The van der Waals surface area contributed by atoms with Gasteiger partial charge in [-0.15, -0.1) is 21.5 Å². The first-order valence-corrected chi connectivity index (χ1v) is 8.08. The summed E-state index contributed by atoms with van der Waals surface area (Å²) in [5, 5.41) is 17.8. The van der Waals surface area contributed by atoms with Crippen molar-refractivity contribution in [3.8, 4) is 6.07 Å². The molecule has 0 spiro atoms. The number of aromatic nitrogens is 3. The van der Waals surface area contributed by atoms with E-state index in [1.807, 2.05) is 6.07 Å². The molecule has 0 aliphatic carbocycles. The fourth-order valence-electron chi connectivity index (χ4n) is 1.69. The Labute approximate surface area is 135 Å². The molecule has 0 fully saturated rings. The second-order valence-corrected chi connectivity index (χ2v) is 6.16. The van der Waals surface area contributed by atoms with E-state index in [0.29, 0.717) is 37.7 Å². The highest BCUT2D eigenvalue weighted by Crippen LogP contribution is 2.35. The van der Waals surface area contributed by atoms with E-state index >= 15 is 0 Å². The van der Waals surface area contributed by atoms with Crippen LogP contribution in [0.3, 0.4) is 0 Å². The summed E-state index contributed by atoms with van der Waals surface area (Å²) < 4.78 is 6.34. The maximum atomic E-state index is 12.0. The van der Waals surface area contributed by atoms with Crippen LogP contribution in [-0.4, -0.2) is 27.4 Å². The van der Waals surface area contributed by atoms with E-state index in [1.54, 1.807) is 13.8 Å². The number of carbonyl (C=O) groups excluding carboxylic acids is 1. The number of nitrogens with two attached hydrogens (primary N) is 2. The Bertz CT molecular complexity index is 746. The fourth-order valence-corrected chi connectivity index (χ4v) is 3.65. The Morgan fingerprint density at radius 2 is 2.27 bits per heavy atom. The number of thioether (sulfide) groups is 1. The van der Waals surface area contributed by atoms with Gasteiger partial charge in [0.05, 0.1) is 12.2 Å². The van der Waals surface area contributed by atoms with Crippen LogP contribution in [0, 0.1) is 18.3 Å². The van der Waals surface area contributed by atoms with Crippen molar-refractivity contribution >= 4 is 34.1 Å². The Hall–Kier alpha value is -2.25. The second-order valence-electron chi connectivity index (χ2n) is 4.17. The molecule has 8 nitrogen and oxygen atoms in total. The average molecular weight is 338 g/mol. The Balaban J connectivity index is 2.30. The third-order valence-electron chi connectivity index (χ3n) is 2.79. The molecule has 0 saturated carbocycles. The van der Waals surface area contributed by atoms with Crippen molar-refractivity contribution in [2.75, 3.05) is 18.2 Å². The third-order valence-corrected chi connectivity index (χ3v) is 4.80. The van der Waals surface area contributed by atoms with Gasteiger partial charge in [-0.1, -0.05) is 11.8 Å². The van der Waals surface area contributed by atoms with Crippen LogP contribution in [0.15, 0.2) is 5.16 Å². The Kier molecular flexibility index (Phi) is 4.89. The Morgan fingerprint density at radius 3 is 2.82 bits per heavy atom. The number of carbonyl (C=O) groups is 1. The SMILES string of the molecule is CCOC(=O)c1sc(N)c(C#N)c1CSc1nnc(C)n1N. The van der Waals surface area contributed by atoms with Gasteiger partial charge in [0.2, 0.25) is 5.16 Å². The molecule has 0 aromatic carbocycles. The number of esters is 1. The van der Waals surface area contributed by atoms with Crippen LogP contribution in [-0.2, 0) is 10.5 Å². The number of nitrogens with zero attached hydrogens (tertiary/aromatic N) is 4. The van der Waals surface area contributed by atoms with E-state index in [0.717, 1.165) is 11.3 Å². The molecule has 2 heterocycles. The molecule has 10 heteroatoms. The molecular formula is C12H14N6O2S2. The molecule has 0 saturated heterocycles. The molecule has 22 heavy (non-hydrogen) atoms. The van der Waals surface area contributed by atoms with Gasteiger partial charge in [0, 0.05) is 11.3 Å². The maximum absolute atomic E-state index is 12.0. The average Bonchev–Trinajstić information content (AvgIpc) is 2.98. The maximum Gasteiger partial charge on any atom is 0.348 e. The first-order chi connectivity index (χ1) is 10.5. The normalized spacial score (nSPS) is 10.4. The molecule has 2 aromatic heterocycles. The number of nitrogen functional groups attached to an aromatic ring is 2. The lowest BCUT2D eigenvalue weighted by molar-refractivity contribution is 0.0531. The number of thiophene rings is 1. The van der Waals surface area contributed by atoms with Crippen molar-refractivity contribution in [3.05, 3.63) is 21.8 Å². The molecule has 0 aliphatic heterocycles. The molecule has 2 rings (SSSR count). The summed E-state index contributed by atoms with van der Waals surface area (Å²) in [5.74, 6) is 6.18. The molecular weight excluding hydrogens is 324 g/mol. The van der Waals surface area contributed by atoms with E-state index in [-0.39, 0.29) is 6.61 Å². The van der Waals surface area contributed by atoms with Gasteiger partial charge in [0.1, 0.15) is 21.8 Å². The van der Waals surface area contributed by atoms with Crippen LogP contribution in [0.5, 0.6) is 0 Å². The molecule has 0 aliphatic rings. The smallest absolute Gasteiger partial charge is 0.348 e. The number of hydrogen-bond donors (Lipinski definition) is 2. The van der Waals surface area contributed by atoms with Gasteiger partial charge in [-0.25, -0.2) is 9.47 Å². The van der Waals surface area contributed by atoms with Crippen LogP contribution >= 0.6 is 23.1 Å². The first kappa shape index (κ1) is 16.1. The van der Waals surface area contributed by atoms with Crippen LogP contribution in [0.2, 0.25) is 0 Å². The lowest BCUT2D eigenvalue weighted by Gasteiger charge is -2.04. The highest BCUT2D eigenvalue weighted by atomic mass is 32.2. The van der Waals surface area contributed by atoms with Gasteiger partial charge in [-0.3, -0.25) is 0 Å². The number of anilines is 1. The summed E-state index contributed by atoms with van der Waals surface area (Å²) in [5.41, 5.74) is 6.64. The number of ether oxygens (including phenoxy) is 1. The fraction of sp³-hybridized carbons (Fsp3) is 0.333. The molecule has 4 N–H and O–H groups in total. The highest BCUT2D eigenvalue weighted by Gasteiger charge is 2.23. The van der Waals surface area contributed by atoms with E-state index in [1.165, 1.54) is 16.4 Å². The standard InChI is InChI=1S/C12H14N6O2S2/c1-3-20-11(19)9-8(7(4-13)10(14)22-9)5-21-12-17-16-6(2)18(12)15/h3,5,14-15H2,1-2H3. The van der Waals surface area contributed by atoms with Crippen LogP contribution in [0.25, 0.3) is 0 Å². The molecule has 0 bridgehead atoms. The molecule has 0 amide bonds. The zero-order valence-corrected chi connectivity index (χ0v) is 13.6. The topological polar surface area (TPSA) is 133 Å². The molecule has 116 valence electrons. The van der Waals surface area contributed by atoms with Crippen molar-refractivity contribution in [2.24, 2.45) is 0 Å². The van der Waals surface area contributed by atoms with Crippen molar-refractivity contribution in [3.63, 3.8) is 0 Å². The molecule has 0 atom stereocenters. The Morgan fingerprint density at radius 1 is 1.55 bits per heavy atom. The third kappa shape index (κ3) is 3.00. The lowest BCUT2D eigenvalue weighted by Crippen LogP contribution is -2.11. The van der Waals surface area contributed by atoms with E-state index in [9.17, 15) is 10.1 Å². The molecule has 2 aromatic rings. The first-order valence-electron chi connectivity index (χ1n) is 6.27. The largest absolute Gasteiger partial charge is 0.462 e. The van der Waals surface area contributed by atoms with E-state index in [2.05, 4.69) is 10.2 Å². The number of nitriles is 1. The van der Waals surface area contributed by atoms with Crippen LogP contribution in [0.1, 0.15) is 33.5 Å². The predicted octanol–water partition coefficient (Wildman–Crippen LogP) is 1.28. The zero-order valence-electron chi connectivity index (χ0n) is 12.0. The van der Waals surface area contributed by atoms with Crippen LogP contribution < -0.4 is 11.6 Å². The van der Waals surface area contributed by atoms with Gasteiger partial charge in [0.15, 0.2) is 0 Å². The number of rotatable bonds is 5. The summed E-state index contributed by atoms with van der Waals surface area (Å²) in [6.07, 6.45) is 0. The number of hydrogen-bond acceptors (Lipinski definition) is 9. The second kappa shape index (κ2) is 6.67. The minimum absolute atomic E-state index is 0.251. The van der Waals surface area contributed by atoms with Crippen molar-refractivity contribution in [2.45, 2.75) is 24.8 Å². The lowest BCUT2D eigenvalue weighted by atomic mass is 10.2. The van der Waals surface area contributed by atoms with Crippen molar-refractivity contribution < 1.29 is 9.53 Å². The molecule has 0 unspecified atom stereocenters. The summed E-state index contributed by atoms with van der Waals surface area (Å²) in [6.45, 7) is 3.69. The summed E-state index contributed by atoms with van der Waals surface area (Å²) in [4.78, 5) is 12.3. The summed E-state index contributed by atoms with van der Waals surface area (Å²) in [7, 11) is 0. The predicted molar refractivity (Wildman–Crippen MR) is 83.9 cm³/mol. The van der Waals surface area contributed by atoms with E-state index in [4.69, 9.17) is 16.3 Å². The van der Waals surface area contributed by atoms with Gasteiger partial charge in [0.25, 0.3) is 0 Å². The quantitative estimate of drug-likeness (QED) is 0.473. The molecule has 0 radical (unpaired) electrons. The van der Waals surface area contributed by atoms with Gasteiger partial charge < -0.3 is 16.3 Å². The number of aryl methyl sites for hydroxylation is 1. The minimum Gasteiger partial charge on any atom is -0.462 e. The van der Waals surface area contributed by atoms with Gasteiger partial charge in [-0.05, 0) is 13.8 Å². The van der Waals surface area contributed by atoms with Gasteiger partial charge >= 0.3 is 5.97 Å². The van der Waals surface area contributed by atoms with Crippen molar-refractivity contribution in [1.82, 2.24) is 14.9 Å². The summed E-state index contributed by atoms with van der Waals surface area (Å²) >= 11 is 2.32.